The largest absolute Gasteiger partial charge is 0.376 e. The van der Waals surface area contributed by atoms with Crippen LogP contribution in [-0.4, -0.2) is 44.8 Å². The molecule has 1 atom stereocenters. The van der Waals surface area contributed by atoms with Crippen LogP contribution in [0.3, 0.4) is 0 Å². The summed E-state index contributed by atoms with van der Waals surface area (Å²) >= 11 is 0. The van der Waals surface area contributed by atoms with Crippen LogP contribution in [0.5, 0.6) is 0 Å². The maximum absolute atomic E-state index is 13.0. The van der Waals surface area contributed by atoms with E-state index in [1.54, 1.807) is 18.6 Å². The van der Waals surface area contributed by atoms with Crippen molar-refractivity contribution < 1.29 is 9.53 Å². The van der Waals surface area contributed by atoms with Crippen LogP contribution in [0, 0.1) is 0 Å². The molecule has 6 heteroatoms. The van der Waals surface area contributed by atoms with Crippen LogP contribution in [0.2, 0.25) is 0 Å². The molecule has 1 amide bonds. The molecule has 0 radical (unpaired) electrons. The molecule has 6 nitrogen and oxygen atoms in total. The molecule has 24 heavy (non-hydrogen) atoms. The maximum atomic E-state index is 13.0. The SMILES string of the molecule is CC(C)n1cc(C(=O)N(Cc2ccncc2)C[C@H]2CCCO2)cn1. The van der Waals surface area contributed by atoms with E-state index in [0.717, 1.165) is 25.0 Å². The van der Waals surface area contributed by atoms with E-state index in [9.17, 15) is 4.79 Å². The van der Waals surface area contributed by atoms with Crippen LogP contribution in [0.1, 0.15) is 48.7 Å². The molecule has 0 aliphatic carbocycles. The molecular formula is C18H24N4O2. The Hall–Kier alpha value is -2.21. The number of carbonyl (C=O) groups excluding carboxylic acids is 1. The number of hydrogen-bond acceptors (Lipinski definition) is 4. The third-order valence-corrected chi connectivity index (χ3v) is 4.24. The van der Waals surface area contributed by atoms with Crippen molar-refractivity contribution in [3.63, 3.8) is 0 Å². The first-order chi connectivity index (χ1) is 11.6. The number of pyridine rings is 1. The van der Waals surface area contributed by atoms with E-state index < -0.39 is 0 Å². The fourth-order valence-electron chi connectivity index (χ4n) is 2.88. The van der Waals surface area contributed by atoms with E-state index >= 15 is 0 Å². The average Bonchev–Trinajstić information content (AvgIpc) is 3.26. The van der Waals surface area contributed by atoms with Crippen LogP contribution in [0.4, 0.5) is 0 Å². The molecule has 1 fully saturated rings. The summed E-state index contributed by atoms with van der Waals surface area (Å²) in [5.74, 6) is -0.00536. The highest BCUT2D eigenvalue weighted by atomic mass is 16.5. The molecule has 1 aliphatic heterocycles. The van der Waals surface area contributed by atoms with Crippen molar-refractivity contribution in [2.45, 2.75) is 45.4 Å². The summed E-state index contributed by atoms with van der Waals surface area (Å²) in [6.07, 6.45) is 9.16. The zero-order valence-electron chi connectivity index (χ0n) is 14.3. The van der Waals surface area contributed by atoms with Crippen molar-refractivity contribution in [3.05, 3.63) is 48.0 Å². The Morgan fingerprint density at radius 3 is 2.83 bits per heavy atom. The highest BCUT2D eigenvalue weighted by Crippen LogP contribution is 2.17. The molecule has 3 rings (SSSR count). The number of hydrogen-bond donors (Lipinski definition) is 0. The highest BCUT2D eigenvalue weighted by Gasteiger charge is 2.24. The van der Waals surface area contributed by atoms with Crippen molar-refractivity contribution >= 4 is 5.91 Å². The first-order valence-corrected chi connectivity index (χ1v) is 8.47. The number of amides is 1. The molecule has 0 spiro atoms. The van der Waals surface area contributed by atoms with Gasteiger partial charge >= 0.3 is 0 Å². The molecule has 0 aromatic carbocycles. The Morgan fingerprint density at radius 1 is 1.42 bits per heavy atom. The molecule has 2 aromatic rings. The maximum Gasteiger partial charge on any atom is 0.257 e. The second-order valence-corrected chi connectivity index (χ2v) is 6.48. The molecule has 128 valence electrons. The lowest BCUT2D eigenvalue weighted by molar-refractivity contribution is 0.0507. The zero-order chi connectivity index (χ0) is 16.9. The predicted octanol–water partition coefficient (Wildman–Crippen LogP) is 2.68. The lowest BCUT2D eigenvalue weighted by atomic mass is 10.2. The van der Waals surface area contributed by atoms with Crippen molar-refractivity contribution in [1.82, 2.24) is 19.7 Å². The second-order valence-electron chi connectivity index (χ2n) is 6.48. The van der Waals surface area contributed by atoms with Gasteiger partial charge in [0.05, 0.1) is 17.9 Å². The van der Waals surface area contributed by atoms with Gasteiger partial charge in [0.15, 0.2) is 0 Å². The summed E-state index contributed by atoms with van der Waals surface area (Å²) in [6.45, 7) is 6.03. The van der Waals surface area contributed by atoms with E-state index in [4.69, 9.17) is 4.74 Å². The zero-order valence-corrected chi connectivity index (χ0v) is 14.3. The van der Waals surface area contributed by atoms with Gasteiger partial charge in [0.2, 0.25) is 0 Å². The highest BCUT2D eigenvalue weighted by molar-refractivity contribution is 5.93. The van der Waals surface area contributed by atoms with Crippen molar-refractivity contribution in [2.24, 2.45) is 0 Å². The van der Waals surface area contributed by atoms with Gasteiger partial charge in [-0.3, -0.25) is 14.5 Å². The summed E-state index contributed by atoms with van der Waals surface area (Å²) in [5, 5.41) is 4.29. The Labute approximate surface area is 142 Å². The van der Waals surface area contributed by atoms with E-state index in [-0.39, 0.29) is 18.1 Å². The smallest absolute Gasteiger partial charge is 0.257 e. The fourth-order valence-corrected chi connectivity index (χ4v) is 2.88. The van der Waals surface area contributed by atoms with Crippen LogP contribution < -0.4 is 0 Å². The molecular weight excluding hydrogens is 304 g/mol. The molecule has 0 N–H and O–H groups in total. The summed E-state index contributed by atoms with van der Waals surface area (Å²) < 4.78 is 7.53. The number of ether oxygens (including phenoxy) is 1. The molecule has 0 saturated carbocycles. The van der Waals surface area contributed by atoms with Crippen molar-refractivity contribution in [1.29, 1.82) is 0 Å². The molecule has 3 heterocycles. The Kier molecular flexibility index (Phi) is 5.25. The normalized spacial score (nSPS) is 17.4. The molecule has 2 aromatic heterocycles. The lowest BCUT2D eigenvalue weighted by Crippen LogP contribution is -2.36. The third-order valence-electron chi connectivity index (χ3n) is 4.24. The quantitative estimate of drug-likeness (QED) is 0.818. The lowest BCUT2D eigenvalue weighted by Gasteiger charge is -2.25. The topological polar surface area (TPSA) is 60.2 Å². The average molecular weight is 328 g/mol. The Morgan fingerprint density at radius 2 is 2.21 bits per heavy atom. The van der Waals surface area contributed by atoms with Gasteiger partial charge in [-0.25, -0.2) is 0 Å². The van der Waals surface area contributed by atoms with Gasteiger partial charge in [-0.2, -0.15) is 5.10 Å². The van der Waals surface area contributed by atoms with E-state index in [1.165, 1.54) is 0 Å². The second kappa shape index (κ2) is 7.57. The predicted molar refractivity (Wildman–Crippen MR) is 90.6 cm³/mol. The molecule has 1 saturated heterocycles. The summed E-state index contributed by atoms with van der Waals surface area (Å²) in [5.41, 5.74) is 1.68. The van der Waals surface area contributed by atoms with Gasteiger partial charge in [0.1, 0.15) is 0 Å². The van der Waals surface area contributed by atoms with Crippen LogP contribution in [0.15, 0.2) is 36.9 Å². The third kappa shape index (κ3) is 4.00. The number of rotatable bonds is 6. The standard InChI is InChI=1S/C18H24N4O2/c1-14(2)22-12-16(10-20-22)18(23)21(13-17-4-3-9-24-17)11-15-5-7-19-8-6-15/h5-8,10,12,14,17H,3-4,9,11,13H2,1-2H3/t17-/m1/s1. The fraction of sp³-hybridized carbons (Fsp3) is 0.500. The molecule has 1 aliphatic rings. The van der Waals surface area contributed by atoms with Gasteiger partial charge in [-0.15, -0.1) is 0 Å². The summed E-state index contributed by atoms with van der Waals surface area (Å²) in [7, 11) is 0. The van der Waals surface area contributed by atoms with Crippen LogP contribution >= 0.6 is 0 Å². The van der Waals surface area contributed by atoms with Gasteiger partial charge in [-0.05, 0) is 44.4 Å². The Bertz CT molecular complexity index is 663. The number of carbonyl (C=O) groups is 1. The van der Waals surface area contributed by atoms with Gasteiger partial charge in [0, 0.05) is 44.3 Å². The van der Waals surface area contributed by atoms with E-state index in [1.807, 2.05) is 41.8 Å². The van der Waals surface area contributed by atoms with Gasteiger partial charge in [0.25, 0.3) is 5.91 Å². The number of aromatic nitrogens is 3. The first kappa shape index (κ1) is 16.6. The summed E-state index contributed by atoms with van der Waals surface area (Å²) in [4.78, 5) is 18.9. The minimum atomic E-state index is -0.00536. The van der Waals surface area contributed by atoms with Crippen LogP contribution in [-0.2, 0) is 11.3 Å². The van der Waals surface area contributed by atoms with Crippen LogP contribution in [0.25, 0.3) is 0 Å². The monoisotopic (exact) mass is 328 g/mol. The number of nitrogens with zero attached hydrogens (tertiary/aromatic N) is 4. The van der Waals surface area contributed by atoms with Crippen molar-refractivity contribution in [2.75, 3.05) is 13.2 Å². The van der Waals surface area contributed by atoms with E-state index in [2.05, 4.69) is 10.1 Å². The van der Waals surface area contributed by atoms with Gasteiger partial charge < -0.3 is 9.64 Å². The molecule has 0 unspecified atom stereocenters. The minimum Gasteiger partial charge on any atom is -0.376 e. The Balaban J connectivity index is 1.77. The molecule has 0 bridgehead atoms. The van der Waals surface area contributed by atoms with Crippen molar-refractivity contribution in [3.8, 4) is 0 Å². The van der Waals surface area contributed by atoms with Gasteiger partial charge in [-0.1, -0.05) is 0 Å². The van der Waals surface area contributed by atoms with E-state index in [0.29, 0.717) is 18.7 Å². The minimum absolute atomic E-state index is 0.00536. The summed E-state index contributed by atoms with van der Waals surface area (Å²) in [6, 6.07) is 4.11. The first-order valence-electron chi connectivity index (χ1n) is 8.47.